The highest BCUT2D eigenvalue weighted by Crippen LogP contribution is 2.31. The minimum absolute atomic E-state index is 0.0423. The highest BCUT2D eigenvalue weighted by atomic mass is 28.1. The number of phenolic OH excluding ortho intramolecular Hbond substituents is 1. The predicted octanol–water partition coefficient (Wildman–Crippen LogP) is 2.66. The van der Waals surface area contributed by atoms with Gasteiger partial charge in [0.25, 0.3) is 0 Å². The molecule has 5 amide bonds. The Morgan fingerprint density at radius 3 is 2.35 bits per heavy atom. The largest absolute Gasteiger partial charge is 0.508 e. The molecule has 3 radical (unpaired) electrons. The summed E-state index contributed by atoms with van der Waals surface area (Å²) >= 11 is 0. The number of hydrogen-bond acceptors (Lipinski definition) is 11. The van der Waals surface area contributed by atoms with Crippen LogP contribution in [0.5, 0.6) is 11.5 Å². The average molecular weight is 1030 g/mol. The van der Waals surface area contributed by atoms with Gasteiger partial charge in [0.05, 0.1) is 29.8 Å². The van der Waals surface area contributed by atoms with Crippen molar-refractivity contribution >= 4 is 68.0 Å². The Labute approximate surface area is 435 Å². The third-order valence-electron chi connectivity index (χ3n) is 13.6. The second-order valence-corrected chi connectivity index (χ2v) is 19.7. The maximum Gasteiger partial charge on any atom is 0.243 e. The lowest BCUT2D eigenvalue weighted by Gasteiger charge is -2.30. The molecule has 0 spiro atoms. The number of nitrogens with two attached hydrogens (primary N) is 3. The molecule has 6 atom stereocenters. The highest BCUT2D eigenvalue weighted by molar-refractivity contribution is 6.15. The molecule has 7 rings (SSSR count). The number of guanidine groups is 1. The normalized spacial score (nSPS) is 17.2. The van der Waals surface area contributed by atoms with Gasteiger partial charge in [-0.15, -0.1) is 0 Å². The van der Waals surface area contributed by atoms with E-state index in [0.29, 0.717) is 54.6 Å². The van der Waals surface area contributed by atoms with Crippen LogP contribution in [0, 0.1) is 11.8 Å². The van der Waals surface area contributed by atoms with Gasteiger partial charge < -0.3 is 68.8 Å². The van der Waals surface area contributed by atoms with Gasteiger partial charge in [0, 0.05) is 90.8 Å². The summed E-state index contributed by atoms with van der Waals surface area (Å²) in [4.78, 5) is 80.1. The lowest BCUT2D eigenvalue weighted by Crippen LogP contribution is -2.57. The van der Waals surface area contributed by atoms with Gasteiger partial charge in [0.2, 0.25) is 29.5 Å². The van der Waals surface area contributed by atoms with Crippen molar-refractivity contribution in [2.45, 2.75) is 81.6 Å². The van der Waals surface area contributed by atoms with E-state index in [0.717, 1.165) is 66.9 Å². The number of methoxy groups -OCH3 is 1. The first kappa shape index (κ1) is 54.4. The van der Waals surface area contributed by atoms with Crippen LogP contribution in [0.15, 0.2) is 102 Å². The SMILES string of the molecule is COc1ccccc1-c1ccc(C[C@@H](C(=O)N[C@@H](CCCCN=C(N)N)C(=O)NCC(=O)Nc2ccc(N3CCNCC3)cc2)C([Si])NC(=O)[C@H](Cc2c[nH]c3ccc(O)cc23)NC(=O)[C@H]2CCC[C@H](N)C2)cc1. The smallest absolute Gasteiger partial charge is 0.243 e. The van der Waals surface area contributed by atoms with Crippen LogP contribution in [0.1, 0.15) is 56.1 Å². The molecule has 74 heavy (non-hydrogen) atoms. The Kier molecular flexibility index (Phi) is 19.5. The average Bonchev–Trinajstić information content (AvgIpc) is 3.80. The molecular formula is C54H69N12O7Si. The first-order valence-electron chi connectivity index (χ1n) is 25.3. The number of aromatic amines is 1. The number of carbonyl (C=O) groups excluding carboxylic acids is 5. The van der Waals surface area contributed by atoms with Gasteiger partial charge in [0.1, 0.15) is 23.6 Å². The standard InChI is InChI=1S/C54H69N12O7Si/c1-73-47-11-3-2-9-41(47)34-14-12-33(13-15-34)27-43(53(74)65-52(72)46(64-49(69)35-7-6-8-37(55)28-35)29-36-31-60-44-21-20-40(67)30-42(36)44)50(70)63-45(10-4-5-22-59-54(56)57)51(71)61-32-48(68)62-38-16-18-39(19-17-38)66-25-23-58-24-26-66/h2-3,9,11-21,30-31,35,37,43,45-46,53,58,60,67H,4-8,10,22-29,32,55H2,1H3,(H,61,71)(H,62,68)(H,63,70)(H,64,69)(H,65,72)(H4,56,57,59)/t35-,37-,43-,45-,46-,53?/m0/s1. The summed E-state index contributed by atoms with van der Waals surface area (Å²) in [6.45, 7) is 3.47. The number of piperazine rings is 1. The molecule has 1 unspecified atom stereocenters. The number of phenols is 1. The fourth-order valence-corrected chi connectivity index (χ4v) is 10.00. The number of ether oxygens (including phenoxy) is 1. The summed E-state index contributed by atoms with van der Waals surface area (Å²) in [5.74, 6) is -3.24. The van der Waals surface area contributed by atoms with Gasteiger partial charge in [-0.3, -0.25) is 29.0 Å². The third-order valence-corrected chi connectivity index (χ3v) is 14.2. The van der Waals surface area contributed by atoms with Crippen LogP contribution < -0.4 is 58.7 Å². The number of amides is 5. The lowest BCUT2D eigenvalue weighted by molar-refractivity contribution is -0.133. The zero-order chi connectivity index (χ0) is 52.6. The van der Waals surface area contributed by atoms with Gasteiger partial charge in [-0.2, -0.15) is 0 Å². The summed E-state index contributed by atoms with van der Waals surface area (Å²) in [6, 6.07) is 25.3. The summed E-state index contributed by atoms with van der Waals surface area (Å²) in [6.07, 6.45) is 5.70. The van der Waals surface area contributed by atoms with E-state index in [-0.39, 0.29) is 55.4 Å². The minimum Gasteiger partial charge on any atom is -0.508 e. The molecule has 20 heteroatoms. The summed E-state index contributed by atoms with van der Waals surface area (Å²) < 4.78 is 5.60. The van der Waals surface area contributed by atoms with Crippen LogP contribution in [-0.2, 0) is 36.8 Å². The third kappa shape index (κ3) is 15.3. The topological polar surface area (TPSA) is 296 Å². The molecule has 2 aliphatic rings. The number of rotatable bonds is 23. The Hall–Kier alpha value is -7.42. The molecule has 391 valence electrons. The van der Waals surface area contributed by atoms with Crippen LogP contribution in [0.3, 0.4) is 0 Å². The number of aromatic nitrogens is 1. The van der Waals surface area contributed by atoms with Crippen LogP contribution in [0.4, 0.5) is 11.4 Å². The Morgan fingerprint density at radius 2 is 1.62 bits per heavy atom. The van der Waals surface area contributed by atoms with E-state index in [4.69, 9.17) is 21.9 Å². The van der Waals surface area contributed by atoms with Gasteiger partial charge in [-0.05, 0) is 110 Å². The van der Waals surface area contributed by atoms with Crippen molar-refractivity contribution in [1.29, 1.82) is 0 Å². The summed E-state index contributed by atoms with van der Waals surface area (Å²) in [5, 5.41) is 28.8. The maximum absolute atomic E-state index is 14.8. The number of aliphatic imine (C=N–C) groups is 1. The van der Waals surface area contributed by atoms with E-state index in [1.165, 1.54) is 0 Å². The Morgan fingerprint density at radius 1 is 0.865 bits per heavy atom. The molecule has 1 aromatic heterocycles. The maximum atomic E-state index is 14.8. The summed E-state index contributed by atoms with van der Waals surface area (Å²) in [5.41, 5.74) is 21.9. The number of nitrogens with zero attached hydrogens (tertiary/aromatic N) is 2. The van der Waals surface area contributed by atoms with Crippen LogP contribution in [-0.4, -0.2) is 126 Å². The van der Waals surface area contributed by atoms with Crippen molar-refractivity contribution in [3.63, 3.8) is 0 Å². The van der Waals surface area contributed by atoms with E-state index < -0.39 is 47.3 Å². The fraction of sp³-hybridized carbons (Fsp3) is 0.407. The monoisotopic (exact) mass is 1030 g/mol. The molecule has 14 N–H and O–H groups in total. The molecule has 4 aromatic carbocycles. The van der Waals surface area contributed by atoms with E-state index in [9.17, 15) is 29.1 Å². The van der Waals surface area contributed by atoms with Crippen molar-refractivity contribution in [2.75, 3.05) is 56.6 Å². The number of anilines is 2. The molecule has 5 aromatic rings. The number of para-hydroxylation sites is 1. The zero-order valence-corrected chi connectivity index (χ0v) is 42.8. The molecule has 2 heterocycles. The number of fused-ring (bicyclic) bond motifs is 1. The van der Waals surface area contributed by atoms with Crippen molar-refractivity contribution < 1.29 is 33.8 Å². The van der Waals surface area contributed by atoms with Gasteiger partial charge in [-0.1, -0.05) is 48.9 Å². The van der Waals surface area contributed by atoms with Gasteiger partial charge >= 0.3 is 0 Å². The number of hydrogen-bond donors (Lipinski definition) is 11. The van der Waals surface area contributed by atoms with E-state index in [1.54, 1.807) is 31.5 Å². The van der Waals surface area contributed by atoms with Crippen LogP contribution in [0.25, 0.3) is 22.0 Å². The quantitative estimate of drug-likeness (QED) is 0.0195. The van der Waals surface area contributed by atoms with E-state index in [1.807, 2.05) is 72.8 Å². The number of H-pyrrole nitrogens is 1. The number of nitrogens with one attached hydrogen (secondary N) is 7. The molecule has 1 aliphatic heterocycles. The van der Waals surface area contributed by atoms with Crippen molar-refractivity contribution in [1.82, 2.24) is 31.6 Å². The summed E-state index contributed by atoms with van der Waals surface area (Å²) in [7, 11) is 5.34. The molecule has 2 fully saturated rings. The second kappa shape index (κ2) is 26.5. The molecule has 1 aliphatic carbocycles. The van der Waals surface area contributed by atoms with E-state index in [2.05, 4.69) is 57.0 Å². The highest BCUT2D eigenvalue weighted by Gasteiger charge is 2.34. The van der Waals surface area contributed by atoms with Gasteiger partial charge in [-0.25, -0.2) is 0 Å². The lowest BCUT2D eigenvalue weighted by atomic mass is 9.85. The molecule has 19 nitrogen and oxygen atoms in total. The van der Waals surface area contributed by atoms with Crippen molar-refractivity contribution in [2.24, 2.45) is 34.0 Å². The first-order valence-corrected chi connectivity index (χ1v) is 25.9. The van der Waals surface area contributed by atoms with Crippen LogP contribution >= 0.6 is 0 Å². The number of unbranched alkanes of at least 4 members (excludes halogenated alkanes) is 1. The van der Waals surface area contributed by atoms with Crippen molar-refractivity contribution in [3.05, 3.63) is 108 Å². The van der Waals surface area contributed by atoms with Crippen molar-refractivity contribution in [3.8, 4) is 22.6 Å². The minimum atomic E-state index is -1.11. The number of carbonyl (C=O) groups is 5. The van der Waals surface area contributed by atoms with E-state index >= 15 is 0 Å². The van der Waals surface area contributed by atoms with Gasteiger partial charge in [0.15, 0.2) is 5.96 Å². The Balaban J connectivity index is 1.11. The molecule has 1 saturated heterocycles. The number of benzene rings is 4. The Bertz CT molecular complexity index is 2730. The first-order chi connectivity index (χ1) is 35.7. The molecule has 1 saturated carbocycles. The molecular weight excluding hydrogens is 957 g/mol. The number of aromatic hydroxyl groups is 1. The zero-order valence-electron chi connectivity index (χ0n) is 41.8. The van der Waals surface area contributed by atoms with Crippen LogP contribution in [0.2, 0.25) is 0 Å². The molecule has 0 bridgehead atoms. The predicted molar refractivity (Wildman–Crippen MR) is 288 cm³/mol. The second-order valence-electron chi connectivity index (χ2n) is 19.0. The fourth-order valence-electron chi connectivity index (χ4n) is 9.58.